The first kappa shape index (κ1) is 20.6. The summed E-state index contributed by atoms with van der Waals surface area (Å²) in [7, 11) is 1.56. The van der Waals surface area contributed by atoms with E-state index in [0.29, 0.717) is 23.6 Å². The number of benzene rings is 1. The molecule has 2 aliphatic rings. The summed E-state index contributed by atoms with van der Waals surface area (Å²) in [6, 6.07) is 12.6. The fraction of sp³-hybridized carbons (Fsp3) is 0.375. The Morgan fingerprint density at radius 2 is 1.94 bits per heavy atom. The van der Waals surface area contributed by atoms with Gasteiger partial charge < -0.3 is 19.9 Å². The molecular weight excluding hydrogens is 411 g/mol. The highest BCUT2D eigenvalue weighted by molar-refractivity contribution is 5.74. The van der Waals surface area contributed by atoms with Crippen LogP contribution in [-0.2, 0) is 0 Å². The Bertz CT molecular complexity index is 1130. The van der Waals surface area contributed by atoms with Crippen molar-refractivity contribution in [2.45, 2.75) is 50.0 Å². The molecule has 2 bridgehead atoms. The average Bonchev–Trinajstić information content (AvgIpc) is 3.15. The van der Waals surface area contributed by atoms with Crippen LogP contribution in [0.2, 0.25) is 0 Å². The van der Waals surface area contributed by atoms with Gasteiger partial charge in [-0.25, -0.2) is 9.37 Å². The number of piperidine rings is 1. The molecule has 0 saturated carbocycles. The number of aromatic nitrogens is 3. The van der Waals surface area contributed by atoms with Crippen LogP contribution in [-0.4, -0.2) is 51.3 Å². The largest absolute Gasteiger partial charge is 0.507 e. The van der Waals surface area contributed by atoms with Crippen molar-refractivity contribution >= 4 is 0 Å². The lowest BCUT2D eigenvalue weighted by molar-refractivity contribution is 0.00813. The first-order valence-electron chi connectivity index (χ1n) is 10.7. The number of halogens is 1. The van der Waals surface area contributed by atoms with E-state index in [1.807, 2.05) is 19.1 Å². The lowest BCUT2D eigenvalue weighted by Crippen LogP contribution is -2.59. The highest BCUT2D eigenvalue weighted by atomic mass is 19.1. The molecule has 2 saturated heterocycles. The molecule has 7 nitrogen and oxygen atoms in total. The summed E-state index contributed by atoms with van der Waals surface area (Å²) >= 11 is 0. The molecule has 4 atom stereocenters. The maximum absolute atomic E-state index is 15.0. The number of alkyl halides is 1. The number of hydrogen-bond acceptors (Lipinski definition) is 7. The summed E-state index contributed by atoms with van der Waals surface area (Å²) in [4.78, 5) is 4.10. The molecule has 0 aliphatic carbocycles. The van der Waals surface area contributed by atoms with Gasteiger partial charge in [-0.2, -0.15) is 0 Å². The molecule has 166 valence electrons. The maximum Gasteiger partial charge on any atom is 0.233 e. The van der Waals surface area contributed by atoms with E-state index >= 15 is 0 Å². The predicted molar refractivity (Wildman–Crippen MR) is 117 cm³/mol. The van der Waals surface area contributed by atoms with Gasteiger partial charge in [-0.1, -0.05) is 6.07 Å². The van der Waals surface area contributed by atoms with Gasteiger partial charge in [0.1, 0.15) is 11.9 Å². The van der Waals surface area contributed by atoms with Crippen molar-refractivity contribution < 1.29 is 19.0 Å². The number of hydrogen-bond donors (Lipinski definition) is 2. The third-order valence-corrected chi connectivity index (χ3v) is 6.46. The number of ether oxygens (including phenoxy) is 2. The quantitative estimate of drug-likeness (QED) is 0.627. The minimum absolute atomic E-state index is 0.0768. The Labute approximate surface area is 185 Å². The second-order valence-electron chi connectivity index (χ2n) is 8.67. The maximum atomic E-state index is 15.0. The Kier molecular flexibility index (Phi) is 5.17. The van der Waals surface area contributed by atoms with Crippen LogP contribution >= 0.6 is 0 Å². The molecule has 2 N–H and O–H groups in total. The van der Waals surface area contributed by atoms with Crippen LogP contribution < -0.4 is 14.8 Å². The molecule has 3 aromatic rings. The van der Waals surface area contributed by atoms with Gasteiger partial charge in [0.2, 0.25) is 11.8 Å². The van der Waals surface area contributed by atoms with Crippen molar-refractivity contribution in [2.24, 2.45) is 0 Å². The van der Waals surface area contributed by atoms with Crippen molar-refractivity contribution in [1.29, 1.82) is 0 Å². The summed E-state index contributed by atoms with van der Waals surface area (Å²) < 4.78 is 26.0. The summed E-state index contributed by atoms with van der Waals surface area (Å²) in [6.07, 6.45) is 2.39. The van der Waals surface area contributed by atoms with E-state index in [1.54, 1.807) is 43.6 Å². The SMILES string of the molecule is COc1cc(-c2ccc(-c3ccc(O[C@H]4C[C@@H]5CC[C@@](C)(N5)[C@H]4F)nn3)c(O)c2)ccn1. The number of nitrogens with zero attached hydrogens (tertiary/aromatic N) is 3. The Hall–Kier alpha value is -3.26. The number of aromatic hydroxyl groups is 1. The van der Waals surface area contributed by atoms with E-state index in [1.165, 1.54) is 0 Å². The van der Waals surface area contributed by atoms with Gasteiger partial charge in [0, 0.05) is 36.4 Å². The third kappa shape index (κ3) is 3.75. The normalized spacial score (nSPS) is 26.7. The van der Waals surface area contributed by atoms with Crippen LogP contribution in [0.4, 0.5) is 4.39 Å². The minimum Gasteiger partial charge on any atom is -0.507 e. The van der Waals surface area contributed by atoms with Crippen LogP contribution in [0.1, 0.15) is 26.2 Å². The van der Waals surface area contributed by atoms with Gasteiger partial charge in [0.15, 0.2) is 6.17 Å². The van der Waals surface area contributed by atoms with Crippen LogP contribution in [0, 0.1) is 0 Å². The van der Waals surface area contributed by atoms with Gasteiger partial charge >= 0.3 is 0 Å². The molecule has 0 unspecified atom stereocenters. The fourth-order valence-electron chi connectivity index (χ4n) is 4.71. The van der Waals surface area contributed by atoms with E-state index in [-0.39, 0.29) is 17.7 Å². The van der Waals surface area contributed by atoms with Crippen LogP contribution in [0.5, 0.6) is 17.5 Å². The Balaban J connectivity index is 1.33. The van der Waals surface area contributed by atoms with Gasteiger partial charge in [0.25, 0.3) is 0 Å². The van der Waals surface area contributed by atoms with Crippen LogP contribution in [0.15, 0.2) is 48.7 Å². The van der Waals surface area contributed by atoms with Crippen LogP contribution in [0.25, 0.3) is 22.4 Å². The molecule has 0 radical (unpaired) electrons. The number of pyridine rings is 1. The zero-order valence-corrected chi connectivity index (χ0v) is 18.0. The Morgan fingerprint density at radius 1 is 1.09 bits per heavy atom. The topological polar surface area (TPSA) is 89.4 Å². The van der Waals surface area contributed by atoms with Gasteiger partial charge in [-0.3, -0.25) is 0 Å². The number of phenolic OH excluding ortho intramolecular Hbond substituents is 1. The Morgan fingerprint density at radius 3 is 2.69 bits per heavy atom. The molecule has 0 spiro atoms. The van der Waals surface area contributed by atoms with Crippen molar-refractivity contribution in [2.75, 3.05) is 7.11 Å². The smallest absolute Gasteiger partial charge is 0.233 e. The van der Waals surface area contributed by atoms with Crippen LogP contribution in [0.3, 0.4) is 0 Å². The van der Waals surface area contributed by atoms with Gasteiger partial charge in [-0.15, -0.1) is 10.2 Å². The van der Waals surface area contributed by atoms with Gasteiger partial charge in [-0.05, 0) is 55.2 Å². The number of methoxy groups -OCH3 is 1. The van der Waals surface area contributed by atoms with E-state index in [2.05, 4.69) is 20.5 Å². The summed E-state index contributed by atoms with van der Waals surface area (Å²) in [6.45, 7) is 1.91. The van der Waals surface area contributed by atoms with Crippen molar-refractivity contribution in [1.82, 2.24) is 20.5 Å². The zero-order valence-electron chi connectivity index (χ0n) is 18.0. The molecule has 0 amide bonds. The summed E-state index contributed by atoms with van der Waals surface area (Å²) in [5, 5.41) is 22.3. The fourth-order valence-corrected chi connectivity index (χ4v) is 4.71. The van der Waals surface area contributed by atoms with E-state index in [0.717, 1.165) is 24.0 Å². The highest BCUT2D eigenvalue weighted by Crippen LogP contribution is 2.39. The average molecular weight is 436 g/mol. The second kappa shape index (κ2) is 8.02. The molecule has 5 rings (SSSR count). The molecule has 1 aromatic carbocycles. The number of phenols is 1. The molecule has 2 aromatic heterocycles. The molecule has 8 heteroatoms. The standard InChI is InChI=1S/C24H25FN4O3/c1-24-9-7-16(27-24)13-20(23(24)25)32-21-6-5-18(28-29-21)17-4-3-14(11-19(17)30)15-8-10-26-22(12-15)31-2/h3-6,8,10-12,16,20,23,27,30H,7,9,13H2,1-2H3/t16-,20-,23-,24+/m0/s1. The summed E-state index contributed by atoms with van der Waals surface area (Å²) in [5.74, 6) is 0.859. The minimum atomic E-state index is -1.11. The first-order valence-corrected chi connectivity index (χ1v) is 10.7. The first-order chi connectivity index (χ1) is 15.4. The van der Waals surface area contributed by atoms with E-state index in [9.17, 15) is 9.50 Å². The monoisotopic (exact) mass is 436 g/mol. The highest BCUT2D eigenvalue weighted by Gasteiger charge is 2.51. The van der Waals surface area contributed by atoms with Crippen molar-refractivity contribution in [3.63, 3.8) is 0 Å². The molecule has 2 fully saturated rings. The number of fused-ring (bicyclic) bond motifs is 2. The molecule has 4 heterocycles. The second-order valence-corrected chi connectivity index (χ2v) is 8.67. The lowest BCUT2D eigenvalue weighted by Gasteiger charge is -2.39. The zero-order chi connectivity index (χ0) is 22.3. The van der Waals surface area contributed by atoms with Gasteiger partial charge in [0.05, 0.1) is 18.3 Å². The molecule has 32 heavy (non-hydrogen) atoms. The molecule has 2 aliphatic heterocycles. The third-order valence-electron chi connectivity index (χ3n) is 6.46. The number of rotatable bonds is 5. The predicted octanol–water partition coefficient (Wildman–Crippen LogP) is 3.92. The number of nitrogens with one attached hydrogen (secondary N) is 1. The van der Waals surface area contributed by atoms with E-state index < -0.39 is 17.8 Å². The van der Waals surface area contributed by atoms with E-state index in [4.69, 9.17) is 9.47 Å². The summed E-state index contributed by atoms with van der Waals surface area (Å²) in [5.41, 5.74) is 2.21. The van der Waals surface area contributed by atoms with Crippen molar-refractivity contribution in [3.05, 3.63) is 48.7 Å². The lowest BCUT2D eigenvalue weighted by atomic mass is 9.88. The van der Waals surface area contributed by atoms with Crippen molar-refractivity contribution in [3.8, 4) is 39.9 Å². The molecular formula is C24H25FN4O3.